The van der Waals surface area contributed by atoms with Gasteiger partial charge < -0.3 is 4.74 Å². The topological polar surface area (TPSA) is 26.3 Å². The Labute approximate surface area is 171 Å². The molecule has 0 saturated carbocycles. The minimum absolute atomic E-state index is 0.00699. The summed E-state index contributed by atoms with van der Waals surface area (Å²) >= 11 is 0. The van der Waals surface area contributed by atoms with Crippen LogP contribution in [0.15, 0.2) is 0 Å². The summed E-state index contributed by atoms with van der Waals surface area (Å²) in [5, 5.41) is 0. The van der Waals surface area contributed by atoms with Gasteiger partial charge in [0.05, 0.1) is 12.0 Å². The Hall–Kier alpha value is -0.530. The lowest BCUT2D eigenvalue weighted by molar-refractivity contribution is -0.165. The lowest BCUT2D eigenvalue weighted by Gasteiger charge is -2.44. The molecule has 0 bridgehead atoms. The Morgan fingerprint density at radius 2 is 1.15 bits per heavy atom. The third-order valence-corrected chi connectivity index (χ3v) is 6.63. The van der Waals surface area contributed by atoms with E-state index < -0.39 is 5.41 Å². The molecule has 0 fully saturated rings. The lowest BCUT2D eigenvalue weighted by Crippen LogP contribution is -2.44. The zero-order valence-corrected chi connectivity index (χ0v) is 20.0. The van der Waals surface area contributed by atoms with Gasteiger partial charge in [-0.05, 0) is 30.6 Å². The SMILES string of the molecule is CCCCCCCCCCCCOC(=O)C(C)(CC(C)(C)CC)C(C)(C)C. The highest BCUT2D eigenvalue weighted by molar-refractivity contribution is 5.77. The van der Waals surface area contributed by atoms with Crippen LogP contribution in [0.4, 0.5) is 0 Å². The van der Waals surface area contributed by atoms with E-state index in [-0.39, 0.29) is 16.8 Å². The second kappa shape index (κ2) is 12.8. The van der Waals surface area contributed by atoms with Gasteiger partial charge in [0.1, 0.15) is 0 Å². The van der Waals surface area contributed by atoms with Gasteiger partial charge in [0.2, 0.25) is 0 Å². The molecular formula is C25H50O2. The summed E-state index contributed by atoms with van der Waals surface area (Å²) in [4.78, 5) is 12.9. The Bertz CT molecular complexity index is 392. The fourth-order valence-corrected chi connectivity index (χ4v) is 3.64. The number of hydrogen-bond donors (Lipinski definition) is 0. The molecule has 0 aliphatic rings. The molecule has 27 heavy (non-hydrogen) atoms. The average molecular weight is 383 g/mol. The number of unbranched alkanes of at least 4 members (excludes halogenated alkanes) is 9. The highest BCUT2D eigenvalue weighted by atomic mass is 16.5. The highest BCUT2D eigenvalue weighted by Gasteiger charge is 2.48. The number of ether oxygens (including phenoxy) is 1. The molecule has 0 spiro atoms. The fourth-order valence-electron chi connectivity index (χ4n) is 3.64. The van der Waals surface area contributed by atoms with Crippen LogP contribution in [-0.4, -0.2) is 12.6 Å². The Kier molecular flexibility index (Phi) is 12.6. The molecule has 0 aliphatic carbocycles. The molecule has 1 unspecified atom stereocenters. The number of rotatable bonds is 15. The second-order valence-electron chi connectivity index (χ2n) is 10.6. The van der Waals surface area contributed by atoms with Crippen molar-refractivity contribution in [1.29, 1.82) is 0 Å². The quantitative estimate of drug-likeness (QED) is 0.210. The third-order valence-electron chi connectivity index (χ3n) is 6.63. The number of esters is 1. The fraction of sp³-hybridized carbons (Fsp3) is 0.960. The maximum Gasteiger partial charge on any atom is 0.312 e. The molecule has 0 N–H and O–H groups in total. The summed E-state index contributed by atoms with van der Waals surface area (Å²) < 4.78 is 5.76. The minimum atomic E-state index is -0.439. The second-order valence-corrected chi connectivity index (χ2v) is 10.6. The van der Waals surface area contributed by atoms with Crippen LogP contribution in [0.3, 0.4) is 0 Å². The molecule has 0 amide bonds. The number of hydrogen-bond acceptors (Lipinski definition) is 2. The van der Waals surface area contributed by atoms with Crippen LogP contribution < -0.4 is 0 Å². The third kappa shape index (κ3) is 10.5. The molecule has 1 atom stereocenters. The summed E-state index contributed by atoms with van der Waals surface area (Å²) in [5.74, 6) is -0.00699. The van der Waals surface area contributed by atoms with Gasteiger partial charge >= 0.3 is 5.97 Å². The first-order chi connectivity index (χ1) is 12.5. The van der Waals surface area contributed by atoms with Gasteiger partial charge in [-0.2, -0.15) is 0 Å². The molecule has 0 saturated heterocycles. The van der Waals surface area contributed by atoms with E-state index in [4.69, 9.17) is 4.74 Å². The summed E-state index contributed by atoms with van der Waals surface area (Å²) in [7, 11) is 0. The van der Waals surface area contributed by atoms with Gasteiger partial charge in [0.25, 0.3) is 0 Å². The van der Waals surface area contributed by atoms with Crippen LogP contribution >= 0.6 is 0 Å². The van der Waals surface area contributed by atoms with Crippen molar-refractivity contribution >= 4 is 5.97 Å². The molecule has 0 aromatic heterocycles. The van der Waals surface area contributed by atoms with Gasteiger partial charge in [0.15, 0.2) is 0 Å². The molecule has 0 aromatic rings. The maximum absolute atomic E-state index is 12.9. The van der Waals surface area contributed by atoms with Crippen molar-refractivity contribution in [2.45, 2.75) is 132 Å². The van der Waals surface area contributed by atoms with E-state index in [1.807, 2.05) is 0 Å². The van der Waals surface area contributed by atoms with Crippen LogP contribution in [0.1, 0.15) is 132 Å². The van der Waals surface area contributed by atoms with Gasteiger partial charge in [0, 0.05) is 0 Å². The summed E-state index contributed by atoms with van der Waals surface area (Å²) in [6.45, 7) is 18.2. The first-order valence-corrected chi connectivity index (χ1v) is 11.7. The summed E-state index contributed by atoms with van der Waals surface area (Å²) in [6, 6.07) is 0. The monoisotopic (exact) mass is 382 g/mol. The summed E-state index contributed by atoms with van der Waals surface area (Å²) in [5.41, 5.74) is -0.391. The molecule has 162 valence electrons. The van der Waals surface area contributed by atoms with Crippen molar-refractivity contribution < 1.29 is 9.53 Å². The zero-order chi connectivity index (χ0) is 21.0. The molecule has 0 aliphatic heterocycles. The van der Waals surface area contributed by atoms with E-state index in [0.717, 1.165) is 19.3 Å². The van der Waals surface area contributed by atoms with Crippen LogP contribution in [0.25, 0.3) is 0 Å². The smallest absolute Gasteiger partial charge is 0.312 e. The van der Waals surface area contributed by atoms with Gasteiger partial charge in [-0.25, -0.2) is 0 Å². The van der Waals surface area contributed by atoms with Gasteiger partial charge in [-0.15, -0.1) is 0 Å². The predicted molar refractivity (Wildman–Crippen MR) is 119 cm³/mol. The predicted octanol–water partition coefficient (Wildman–Crippen LogP) is 8.33. The zero-order valence-electron chi connectivity index (χ0n) is 20.0. The standard InChI is InChI=1S/C25H50O2/c1-9-11-12-13-14-15-16-17-18-19-20-27-22(26)25(8,23(3,4)5)21-24(6,7)10-2/h9-21H2,1-8H3. The Balaban J connectivity index is 4.15. The normalized spacial score (nSPS) is 14.8. The van der Waals surface area contributed by atoms with Crippen molar-refractivity contribution in [2.24, 2.45) is 16.2 Å². The maximum atomic E-state index is 12.9. The van der Waals surface area contributed by atoms with Gasteiger partial charge in [-0.3, -0.25) is 4.79 Å². The highest BCUT2D eigenvalue weighted by Crippen LogP contribution is 2.48. The minimum Gasteiger partial charge on any atom is -0.465 e. The average Bonchev–Trinajstić information content (AvgIpc) is 2.58. The van der Waals surface area contributed by atoms with Crippen LogP contribution in [0.2, 0.25) is 0 Å². The van der Waals surface area contributed by atoms with Crippen LogP contribution in [-0.2, 0) is 9.53 Å². The largest absolute Gasteiger partial charge is 0.465 e. The molecule has 0 rings (SSSR count). The Morgan fingerprint density at radius 1 is 0.704 bits per heavy atom. The lowest BCUT2D eigenvalue weighted by atomic mass is 9.60. The first kappa shape index (κ1) is 26.5. The molecule has 2 nitrogen and oxygen atoms in total. The van der Waals surface area contributed by atoms with Crippen molar-refractivity contribution in [2.75, 3.05) is 6.61 Å². The molecule has 0 radical (unpaired) electrons. The number of carbonyl (C=O) groups is 1. The van der Waals surface area contributed by atoms with E-state index in [1.165, 1.54) is 57.8 Å². The number of carbonyl (C=O) groups excluding carboxylic acids is 1. The van der Waals surface area contributed by atoms with E-state index in [0.29, 0.717) is 6.61 Å². The summed E-state index contributed by atoms with van der Waals surface area (Å²) in [6.07, 6.45) is 14.9. The van der Waals surface area contributed by atoms with Crippen molar-refractivity contribution in [3.05, 3.63) is 0 Å². The van der Waals surface area contributed by atoms with E-state index in [2.05, 4.69) is 55.4 Å². The van der Waals surface area contributed by atoms with E-state index in [1.54, 1.807) is 0 Å². The molecule has 0 heterocycles. The van der Waals surface area contributed by atoms with E-state index >= 15 is 0 Å². The van der Waals surface area contributed by atoms with Crippen molar-refractivity contribution in [1.82, 2.24) is 0 Å². The Morgan fingerprint density at radius 3 is 1.56 bits per heavy atom. The molecule has 0 aromatic carbocycles. The van der Waals surface area contributed by atoms with Crippen LogP contribution in [0, 0.1) is 16.2 Å². The van der Waals surface area contributed by atoms with Crippen LogP contribution in [0.5, 0.6) is 0 Å². The van der Waals surface area contributed by atoms with Crippen molar-refractivity contribution in [3.63, 3.8) is 0 Å². The van der Waals surface area contributed by atoms with Gasteiger partial charge in [-0.1, -0.05) is 113 Å². The molecular weight excluding hydrogens is 332 g/mol. The first-order valence-electron chi connectivity index (χ1n) is 11.7. The van der Waals surface area contributed by atoms with E-state index in [9.17, 15) is 4.79 Å². The van der Waals surface area contributed by atoms with Crippen molar-refractivity contribution in [3.8, 4) is 0 Å². The molecule has 2 heteroatoms.